The van der Waals surface area contributed by atoms with Crippen molar-refractivity contribution < 1.29 is 28.6 Å². The van der Waals surface area contributed by atoms with E-state index in [1.54, 1.807) is 54.6 Å². The van der Waals surface area contributed by atoms with Gasteiger partial charge in [-0.2, -0.15) is 0 Å². The maximum atomic E-state index is 13.5. The number of rotatable bonds is 12. The highest BCUT2D eigenvalue weighted by molar-refractivity contribution is 8.00. The molecule has 4 rings (SSSR count). The lowest BCUT2D eigenvalue weighted by Crippen LogP contribution is -2.30. The van der Waals surface area contributed by atoms with Crippen molar-refractivity contribution in [1.29, 1.82) is 0 Å². The second kappa shape index (κ2) is 15.5. The van der Waals surface area contributed by atoms with Crippen molar-refractivity contribution in [3.05, 3.63) is 113 Å². The van der Waals surface area contributed by atoms with Gasteiger partial charge in [-0.3, -0.25) is 14.4 Å². The van der Waals surface area contributed by atoms with Crippen LogP contribution < -0.4 is 30.2 Å². The Kier molecular flexibility index (Phi) is 11.3. The summed E-state index contributed by atoms with van der Waals surface area (Å²) in [7, 11) is 4.51. The minimum atomic E-state index is -0.551. The Morgan fingerprint density at radius 2 is 1.42 bits per heavy atom. The number of ether oxygens (including phenoxy) is 3. The predicted octanol–water partition coefficient (Wildman–Crippen LogP) is 6.47. The molecule has 0 saturated carbocycles. The van der Waals surface area contributed by atoms with Crippen LogP contribution >= 0.6 is 11.8 Å². The highest BCUT2D eigenvalue weighted by Crippen LogP contribution is 2.35. The molecule has 0 saturated heterocycles. The number of aryl methyl sites for hydroxylation is 2. The first kappa shape index (κ1) is 32.7. The van der Waals surface area contributed by atoms with Crippen LogP contribution in [-0.2, 0) is 9.59 Å². The molecule has 0 unspecified atom stereocenters. The average molecular weight is 626 g/mol. The summed E-state index contributed by atoms with van der Waals surface area (Å²) in [6.45, 7) is 3.93. The molecule has 0 bridgehead atoms. The van der Waals surface area contributed by atoms with Crippen LogP contribution in [-0.4, -0.2) is 44.8 Å². The zero-order chi connectivity index (χ0) is 32.3. The number of carbonyl (C=O) groups is 3. The van der Waals surface area contributed by atoms with Crippen LogP contribution in [0.1, 0.15) is 27.0 Å². The van der Waals surface area contributed by atoms with E-state index in [9.17, 15) is 14.4 Å². The smallest absolute Gasteiger partial charge is 0.272 e. The Bertz CT molecular complexity index is 1700. The van der Waals surface area contributed by atoms with Crippen molar-refractivity contribution in [2.45, 2.75) is 18.7 Å². The summed E-state index contributed by atoms with van der Waals surface area (Å²) in [5.41, 5.74) is 4.23. The molecular weight excluding hydrogens is 590 g/mol. The summed E-state index contributed by atoms with van der Waals surface area (Å²) in [6, 6.07) is 24.9. The Hall–Kier alpha value is -5.22. The van der Waals surface area contributed by atoms with Gasteiger partial charge in [-0.25, -0.2) is 0 Å². The fraction of sp³-hybridized carbons (Fsp3) is 0.171. The number of hydrogen-bond donors (Lipinski definition) is 3. The Labute approximate surface area is 267 Å². The molecule has 10 heteroatoms. The highest BCUT2D eigenvalue weighted by atomic mass is 32.2. The molecule has 0 aromatic heterocycles. The van der Waals surface area contributed by atoms with Gasteiger partial charge in [-0.15, -0.1) is 11.8 Å². The lowest BCUT2D eigenvalue weighted by atomic mass is 10.1. The normalized spacial score (nSPS) is 10.9. The lowest BCUT2D eigenvalue weighted by molar-refractivity contribution is -0.114. The van der Waals surface area contributed by atoms with Crippen LogP contribution in [0.3, 0.4) is 0 Å². The van der Waals surface area contributed by atoms with Crippen molar-refractivity contribution in [1.82, 2.24) is 5.32 Å². The summed E-state index contributed by atoms with van der Waals surface area (Å²) in [4.78, 5) is 40.0. The van der Waals surface area contributed by atoms with Gasteiger partial charge in [0.2, 0.25) is 5.91 Å². The van der Waals surface area contributed by atoms with Crippen molar-refractivity contribution >= 4 is 46.9 Å². The first-order valence-corrected chi connectivity index (χ1v) is 15.0. The van der Waals surface area contributed by atoms with E-state index >= 15 is 0 Å². The van der Waals surface area contributed by atoms with Gasteiger partial charge >= 0.3 is 0 Å². The number of anilines is 2. The van der Waals surface area contributed by atoms with E-state index in [4.69, 9.17) is 14.2 Å². The van der Waals surface area contributed by atoms with E-state index in [0.717, 1.165) is 21.7 Å². The second-order valence-corrected chi connectivity index (χ2v) is 11.0. The molecule has 0 aliphatic rings. The van der Waals surface area contributed by atoms with Crippen molar-refractivity contribution in [3.8, 4) is 17.2 Å². The predicted molar refractivity (Wildman–Crippen MR) is 178 cm³/mol. The maximum Gasteiger partial charge on any atom is 0.272 e. The molecule has 0 radical (unpaired) electrons. The van der Waals surface area contributed by atoms with Gasteiger partial charge in [-0.1, -0.05) is 30.3 Å². The maximum absolute atomic E-state index is 13.5. The highest BCUT2D eigenvalue weighted by Gasteiger charge is 2.18. The van der Waals surface area contributed by atoms with E-state index < -0.39 is 11.8 Å². The molecule has 0 fully saturated rings. The van der Waals surface area contributed by atoms with Gasteiger partial charge in [-0.05, 0) is 79.6 Å². The largest absolute Gasteiger partial charge is 0.496 e. The summed E-state index contributed by atoms with van der Waals surface area (Å²) in [6.07, 6.45) is 1.51. The van der Waals surface area contributed by atoms with E-state index in [0.29, 0.717) is 34.1 Å². The van der Waals surface area contributed by atoms with E-state index in [-0.39, 0.29) is 17.4 Å². The zero-order valence-corrected chi connectivity index (χ0v) is 26.5. The Morgan fingerprint density at radius 3 is 2.09 bits per heavy atom. The topological polar surface area (TPSA) is 115 Å². The third-order valence-electron chi connectivity index (χ3n) is 6.71. The molecule has 4 aromatic rings. The van der Waals surface area contributed by atoms with Crippen LogP contribution in [0.15, 0.2) is 95.5 Å². The van der Waals surface area contributed by atoms with Gasteiger partial charge in [0.25, 0.3) is 11.8 Å². The lowest BCUT2D eigenvalue weighted by Gasteiger charge is -2.15. The van der Waals surface area contributed by atoms with Crippen molar-refractivity contribution in [3.63, 3.8) is 0 Å². The molecule has 3 amide bonds. The Balaban J connectivity index is 1.50. The summed E-state index contributed by atoms with van der Waals surface area (Å²) in [5, 5.41) is 8.52. The minimum absolute atomic E-state index is 0.0177. The number of benzene rings is 4. The van der Waals surface area contributed by atoms with E-state index in [2.05, 4.69) is 16.0 Å². The molecule has 0 aliphatic carbocycles. The number of methoxy groups -OCH3 is 3. The fourth-order valence-corrected chi connectivity index (χ4v) is 5.00. The fourth-order valence-electron chi connectivity index (χ4n) is 4.30. The number of hydrogen-bond acceptors (Lipinski definition) is 7. The van der Waals surface area contributed by atoms with Gasteiger partial charge in [0.15, 0.2) is 11.5 Å². The monoisotopic (exact) mass is 625 g/mol. The molecule has 3 N–H and O–H groups in total. The molecular formula is C35H35N3O6S. The van der Waals surface area contributed by atoms with Crippen molar-refractivity contribution in [2.24, 2.45) is 0 Å². The molecule has 45 heavy (non-hydrogen) atoms. The number of nitrogens with one attached hydrogen (secondary N) is 3. The van der Waals surface area contributed by atoms with Crippen molar-refractivity contribution in [2.75, 3.05) is 37.7 Å². The molecule has 0 spiro atoms. The SMILES string of the molecule is COc1cc(OC)c(OC)cc1/C=C(\NC(=O)c1ccccc1)C(=O)Nc1ccc(SCC(=O)Nc2cc(C)ccc2C)cc1. The van der Waals surface area contributed by atoms with Crippen LogP contribution in [0.2, 0.25) is 0 Å². The number of carbonyl (C=O) groups excluding carboxylic acids is 3. The van der Waals surface area contributed by atoms with Gasteiger partial charge in [0, 0.05) is 33.5 Å². The third-order valence-corrected chi connectivity index (χ3v) is 7.73. The van der Waals surface area contributed by atoms with Crippen LogP contribution in [0.4, 0.5) is 11.4 Å². The minimum Gasteiger partial charge on any atom is -0.496 e. The average Bonchev–Trinajstić information content (AvgIpc) is 3.05. The van der Waals surface area contributed by atoms with Gasteiger partial charge in [0.05, 0.1) is 27.1 Å². The van der Waals surface area contributed by atoms with E-state index in [1.807, 2.05) is 44.2 Å². The van der Waals surface area contributed by atoms with Gasteiger partial charge in [0.1, 0.15) is 11.4 Å². The Morgan fingerprint density at radius 1 is 0.756 bits per heavy atom. The van der Waals surface area contributed by atoms with Gasteiger partial charge < -0.3 is 30.2 Å². The zero-order valence-electron chi connectivity index (χ0n) is 25.7. The molecule has 0 atom stereocenters. The standard InChI is InChI=1S/C35H35N3O6S/c1-22-11-12-23(2)28(17-22)37-33(39)21-45-27-15-13-26(14-16-27)36-35(41)29(38-34(40)24-9-7-6-8-10-24)18-25-19-31(43-4)32(44-5)20-30(25)42-3/h6-20H,21H2,1-5H3,(H,36,41)(H,37,39)(H,38,40)/b29-18-. The summed E-state index contributed by atoms with van der Waals surface area (Å²) in [5.74, 6) is 0.397. The quantitative estimate of drug-likeness (QED) is 0.122. The van der Waals surface area contributed by atoms with Crippen LogP contribution in [0.25, 0.3) is 6.08 Å². The molecule has 0 aliphatic heterocycles. The first-order valence-electron chi connectivity index (χ1n) is 14.0. The molecule has 4 aromatic carbocycles. The van der Waals surface area contributed by atoms with E-state index in [1.165, 1.54) is 39.2 Å². The molecule has 232 valence electrons. The first-order chi connectivity index (χ1) is 21.7. The second-order valence-electron chi connectivity index (χ2n) is 9.96. The molecule has 9 nitrogen and oxygen atoms in total. The summed E-state index contributed by atoms with van der Waals surface area (Å²) < 4.78 is 16.3. The van der Waals surface area contributed by atoms with Crippen LogP contribution in [0, 0.1) is 13.8 Å². The summed E-state index contributed by atoms with van der Waals surface area (Å²) >= 11 is 1.38. The number of amides is 3. The molecule has 0 heterocycles. The van der Waals surface area contributed by atoms with Crippen LogP contribution in [0.5, 0.6) is 17.2 Å². The third kappa shape index (κ3) is 8.90. The number of thioether (sulfide) groups is 1.